The summed E-state index contributed by atoms with van der Waals surface area (Å²) < 4.78 is 0. The number of fused-ring (bicyclic) bond motifs is 1. The number of hydrogen-bond donors (Lipinski definition) is 4. The Morgan fingerprint density at radius 2 is 1.88 bits per heavy atom. The third kappa shape index (κ3) is 4.17. The normalized spacial score (nSPS) is 30.0. The van der Waals surface area contributed by atoms with Crippen molar-refractivity contribution in [3.8, 4) is 0 Å². The third-order valence-electron chi connectivity index (χ3n) is 7.57. The Morgan fingerprint density at radius 1 is 1.21 bits per heavy atom. The maximum Gasteiger partial charge on any atom is 0.324 e. The first-order chi connectivity index (χ1) is 15.8. The molecule has 0 spiro atoms. The van der Waals surface area contributed by atoms with E-state index < -0.39 is 29.4 Å². The van der Waals surface area contributed by atoms with Crippen molar-refractivity contribution >= 4 is 35.4 Å². The molecule has 1 aliphatic carbocycles. The number of aliphatic carboxylic acids is 1. The summed E-state index contributed by atoms with van der Waals surface area (Å²) in [6, 6.07) is 6.32. The second kappa shape index (κ2) is 9.46. The molecule has 3 aliphatic rings. The van der Waals surface area contributed by atoms with E-state index in [4.69, 9.17) is 11.1 Å². The molecule has 1 aromatic rings. The van der Waals surface area contributed by atoms with Crippen LogP contribution >= 0.6 is 11.8 Å². The van der Waals surface area contributed by atoms with E-state index in [0.29, 0.717) is 17.9 Å². The van der Waals surface area contributed by atoms with Crippen LogP contribution in [0.4, 0.5) is 0 Å². The highest BCUT2D eigenvalue weighted by molar-refractivity contribution is 7.98. The van der Waals surface area contributed by atoms with E-state index in [2.05, 4.69) is 5.32 Å². The number of likely N-dealkylation sites (tertiary alicyclic amines) is 1. The Hall–Kier alpha value is -2.39. The first-order valence-corrected chi connectivity index (χ1v) is 13.0. The molecule has 33 heavy (non-hydrogen) atoms. The SMILES string of the molecule is CSCCC1(C(=O)O)NC(c2ccc(C(=N)N)cc2)C2C(=O)N(CC3CCCCC3)C(=O)C21. The van der Waals surface area contributed by atoms with Crippen LogP contribution in [0, 0.1) is 23.2 Å². The van der Waals surface area contributed by atoms with Gasteiger partial charge in [-0.25, -0.2) is 0 Å². The zero-order chi connectivity index (χ0) is 23.8. The lowest BCUT2D eigenvalue weighted by molar-refractivity contribution is -0.151. The lowest BCUT2D eigenvalue weighted by atomic mass is 9.78. The van der Waals surface area contributed by atoms with E-state index in [9.17, 15) is 19.5 Å². The molecule has 0 radical (unpaired) electrons. The fourth-order valence-corrected chi connectivity index (χ4v) is 6.35. The van der Waals surface area contributed by atoms with Crippen molar-refractivity contribution in [3.63, 3.8) is 0 Å². The summed E-state index contributed by atoms with van der Waals surface area (Å²) in [5.74, 6) is -2.62. The van der Waals surface area contributed by atoms with E-state index in [0.717, 1.165) is 31.2 Å². The average molecular weight is 473 g/mol. The van der Waals surface area contributed by atoms with Crippen molar-refractivity contribution in [2.75, 3.05) is 18.6 Å². The van der Waals surface area contributed by atoms with E-state index in [1.54, 1.807) is 24.3 Å². The molecule has 1 aromatic carbocycles. The summed E-state index contributed by atoms with van der Waals surface area (Å²) in [7, 11) is 0. The van der Waals surface area contributed by atoms with Gasteiger partial charge in [-0.2, -0.15) is 11.8 Å². The summed E-state index contributed by atoms with van der Waals surface area (Å²) >= 11 is 1.52. The molecule has 4 unspecified atom stereocenters. The number of benzene rings is 1. The van der Waals surface area contributed by atoms with Gasteiger partial charge in [0.15, 0.2) is 0 Å². The summed E-state index contributed by atoms with van der Waals surface area (Å²) in [5.41, 5.74) is 5.35. The largest absolute Gasteiger partial charge is 0.480 e. The van der Waals surface area contributed by atoms with E-state index in [-0.39, 0.29) is 30.0 Å². The number of imide groups is 1. The molecule has 1 saturated carbocycles. The van der Waals surface area contributed by atoms with E-state index >= 15 is 0 Å². The number of amidine groups is 1. The van der Waals surface area contributed by atoms with Gasteiger partial charge < -0.3 is 10.8 Å². The molecule has 5 N–H and O–H groups in total. The summed E-state index contributed by atoms with van der Waals surface area (Å²) in [5, 5.41) is 21.2. The summed E-state index contributed by atoms with van der Waals surface area (Å²) in [4.78, 5) is 41.3. The highest BCUT2D eigenvalue weighted by Gasteiger charge is 2.68. The van der Waals surface area contributed by atoms with Crippen LogP contribution in [-0.4, -0.2) is 57.7 Å². The molecule has 4 rings (SSSR count). The van der Waals surface area contributed by atoms with Gasteiger partial charge in [0, 0.05) is 18.2 Å². The monoisotopic (exact) mass is 472 g/mol. The van der Waals surface area contributed by atoms with Gasteiger partial charge in [-0.05, 0) is 42.8 Å². The number of hydrogen-bond acceptors (Lipinski definition) is 6. The highest BCUT2D eigenvalue weighted by Crippen LogP contribution is 2.50. The van der Waals surface area contributed by atoms with Gasteiger partial charge in [-0.15, -0.1) is 0 Å². The van der Waals surface area contributed by atoms with Crippen LogP contribution in [-0.2, 0) is 14.4 Å². The second-order valence-corrected chi connectivity index (χ2v) is 10.5. The van der Waals surface area contributed by atoms with Crippen molar-refractivity contribution in [1.29, 1.82) is 5.41 Å². The Labute approximate surface area is 198 Å². The van der Waals surface area contributed by atoms with Gasteiger partial charge in [0.25, 0.3) is 0 Å². The van der Waals surface area contributed by atoms with Crippen LogP contribution in [0.1, 0.15) is 55.7 Å². The van der Waals surface area contributed by atoms with Crippen molar-refractivity contribution in [1.82, 2.24) is 10.2 Å². The Balaban J connectivity index is 1.71. The minimum Gasteiger partial charge on any atom is -0.480 e. The zero-order valence-corrected chi connectivity index (χ0v) is 19.7. The van der Waals surface area contributed by atoms with Gasteiger partial charge >= 0.3 is 5.97 Å². The summed E-state index contributed by atoms with van der Waals surface area (Å²) in [6.07, 6.45) is 7.54. The predicted molar refractivity (Wildman–Crippen MR) is 127 cm³/mol. The zero-order valence-electron chi connectivity index (χ0n) is 18.9. The molecule has 178 valence electrons. The van der Waals surface area contributed by atoms with Crippen molar-refractivity contribution in [3.05, 3.63) is 35.4 Å². The molecule has 9 heteroatoms. The molecule has 2 aliphatic heterocycles. The number of nitrogen functional groups attached to an aromatic ring is 1. The minimum absolute atomic E-state index is 0.0653. The number of rotatable bonds is 8. The molecule has 2 amide bonds. The van der Waals surface area contributed by atoms with Crippen molar-refractivity contribution in [2.45, 2.75) is 50.1 Å². The van der Waals surface area contributed by atoms with Crippen LogP contribution < -0.4 is 11.1 Å². The first-order valence-electron chi connectivity index (χ1n) is 11.6. The van der Waals surface area contributed by atoms with Gasteiger partial charge in [0.05, 0.1) is 11.8 Å². The third-order valence-corrected chi connectivity index (χ3v) is 8.19. The number of nitrogens with two attached hydrogens (primary N) is 1. The molecule has 4 atom stereocenters. The number of carbonyl (C=O) groups excluding carboxylic acids is 2. The number of carboxylic acid groups (broad SMARTS) is 1. The number of carbonyl (C=O) groups is 3. The summed E-state index contributed by atoms with van der Waals surface area (Å²) in [6.45, 7) is 0.388. The number of thioether (sulfide) groups is 1. The number of carboxylic acids is 1. The van der Waals surface area contributed by atoms with Crippen LogP contribution in [0.25, 0.3) is 0 Å². The molecule has 0 bridgehead atoms. The molecular weight excluding hydrogens is 440 g/mol. The molecule has 3 fully saturated rings. The van der Waals surface area contributed by atoms with Gasteiger partial charge in [0.2, 0.25) is 11.8 Å². The Bertz CT molecular complexity index is 946. The molecule has 2 heterocycles. The fraction of sp³-hybridized carbons (Fsp3) is 0.583. The van der Waals surface area contributed by atoms with Crippen LogP contribution in [0.15, 0.2) is 24.3 Å². The smallest absolute Gasteiger partial charge is 0.324 e. The number of nitrogens with one attached hydrogen (secondary N) is 2. The lowest BCUT2D eigenvalue weighted by Gasteiger charge is -2.32. The topological polar surface area (TPSA) is 137 Å². The van der Waals surface area contributed by atoms with Gasteiger partial charge in [-0.3, -0.25) is 30.0 Å². The fourth-order valence-electron chi connectivity index (χ4n) is 5.82. The van der Waals surface area contributed by atoms with E-state index in [1.807, 2.05) is 6.26 Å². The Kier molecular flexibility index (Phi) is 6.81. The highest BCUT2D eigenvalue weighted by atomic mass is 32.2. The average Bonchev–Trinajstić information content (AvgIpc) is 3.28. The molecule has 0 aromatic heterocycles. The predicted octanol–water partition coefficient (Wildman–Crippen LogP) is 2.37. The van der Waals surface area contributed by atoms with Crippen LogP contribution in [0.5, 0.6) is 0 Å². The van der Waals surface area contributed by atoms with Gasteiger partial charge in [-0.1, -0.05) is 43.5 Å². The maximum absolute atomic E-state index is 13.6. The van der Waals surface area contributed by atoms with Crippen molar-refractivity contribution < 1.29 is 19.5 Å². The van der Waals surface area contributed by atoms with Crippen LogP contribution in [0.3, 0.4) is 0 Å². The first kappa shape index (κ1) is 23.8. The van der Waals surface area contributed by atoms with E-state index in [1.165, 1.54) is 23.1 Å². The molecular formula is C24H32N4O4S. The maximum atomic E-state index is 13.6. The quantitative estimate of drug-likeness (QED) is 0.259. The molecule has 2 saturated heterocycles. The van der Waals surface area contributed by atoms with Crippen LogP contribution in [0.2, 0.25) is 0 Å². The minimum atomic E-state index is -1.49. The van der Waals surface area contributed by atoms with Crippen molar-refractivity contribution in [2.24, 2.45) is 23.5 Å². The lowest BCUT2D eigenvalue weighted by Crippen LogP contribution is -2.56. The number of nitrogens with zero attached hydrogens (tertiary/aromatic N) is 1. The standard InChI is InChI=1S/C24H32N4O4S/c1-33-12-11-24(23(31)32)18-17(19(27-24)15-7-9-16(10-8-15)20(25)26)21(29)28(22(18)30)13-14-5-3-2-4-6-14/h7-10,14,17-19,27H,2-6,11-13H2,1H3,(H3,25,26)(H,31,32). The number of amides is 2. The molecule has 8 nitrogen and oxygen atoms in total. The second-order valence-electron chi connectivity index (χ2n) is 9.47. The van der Waals surface area contributed by atoms with Gasteiger partial charge in [0.1, 0.15) is 11.4 Å². The Morgan fingerprint density at radius 3 is 2.45 bits per heavy atom.